The highest BCUT2D eigenvalue weighted by molar-refractivity contribution is 7.13. The Balaban J connectivity index is 1.92. The minimum Gasteiger partial charge on any atom is -0.491 e. The van der Waals surface area contributed by atoms with Gasteiger partial charge in [-0.05, 0) is 19.9 Å². The molecule has 0 bridgehead atoms. The minimum absolute atomic E-state index is 0.0325. The van der Waals surface area contributed by atoms with Crippen LogP contribution in [0.25, 0.3) is 0 Å². The third-order valence-corrected chi connectivity index (χ3v) is 3.32. The Morgan fingerprint density at radius 2 is 2.05 bits per heavy atom. The van der Waals surface area contributed by atoms with Crippen molar-refractivity contribution in [3.63, 3.8) is 0 Å². The Labute approximate surface area is 132 Å². The second-order valence-electron chi connectivity index (χ2n) is 4.75. The van der Waals surface area contributed by atoms with E-state index in [1.165, 1.54) is 11.3 Å². The Kier molecular flexibility index (Phi) is 5.48. The molecule has 0 fully saturated rings. The van der Waals surface area contributed by atoms with Crippen molar-refractivity contribution >= 4 is 28.3 Å². The average Bonchev–Trinajstić information content (AvgIpc) is 2.98. The number of hydrogen-bond donors (Lipinski definition) is 2. The van der Waals surface area contributed by atoms with Crippen molar-refractivity contribution in [2.45, 2.75) is 26.5 Å². The minimum atomic E-state index is -0.739. The first-order valence-electron chi connectivity index (χ1n) is 6.79. The molecular formula is C15H17N3O3S. The molecule has 0 aliphatic rings. The van der Waals surface area contributed by atoms with Crippen LogP contribution >= 0.6 is 11.3 Å². The number of carbonyl (C=O) groups excluding carboxylic acids is 2. The molecule has 0 spiro atoms. The van der Waals surface area contributed by atoms with Gasteiger partial charge in [0, 0.05) is 23.7 Å². The highest BCUT2D eigenvalue weighted by atomic mass is 32.1. The van der Waals surface area contributed by atoms with Crippen LogP contribution in [0.3, 0.4) is 0 Å². The molecule has 0 saturated carbocycles. The van der Waals surface area contributed by atoms with Gasteiger partial charge in [-0.3, -0.25) is 14.9 Å². The van der Waals surface area contributed by atoms with Crippen molar-refractivity contribution in [1.29, 1.82) is 0 Å². The highest BCUT2D eigenvalue weighted by Gasteiger charge is 2.15. The van der Waals surface area contributed by atoms with E-state index in [1.54, 1.807) is 11.6 Å². The summed E-state index contributed by atoms with van der Waals surface area (Å²) in [6, 6.07) is 7.39. The molecule has 0 saturated heterocycles. The summed E-state index contributed by atoms with van der Waals surface area (Å²) in [4.78, 5) is 27.4. The van der Waals surface area contributed by atoms with E-state index in [9.17, 15) is 9.59 Å². The van der Waals surface area contributed by atoms with E-state index in [1.807, 2.05) is 38.1 Å². The number of anilines is 1. The zero-order valence-electron chi connectivity index (χ0n) is 12.3. The topological polar surface area (TPSA) is 80.3 Å². The summed E-state index contributed by atoms with van der Waals surface area (Å²) in [5, 5.41) is 7.11. The number of amides is 2. The molecule has 6 nitrogen and oxygen atoms in total. The lowest BCUT2D eigenvalue weighted by Crippen LogP contribution is -2.35. The monoisotopic (exact) mass is 319 g/mol. The molecule has 0 aliphatic carbocycles. The van der Waals surface area contributed by atoms with Gasteiger partial charge in [-0.2, -0.15) is 0 Å². The van der Waals surface area contributed by atoms with E-state index in [0.29, 0.717) is 10.9 Å². The van der Waals surface area contributed by atoms with Crippen LogP contribution in [-0.4, -0.2) is 22.9 Å². The lowest BCUT2D eigenvalue weighted by Gasteiger charge is -2.14. The predicted octanol–water partition coefficient (Wildman–Crippen LogP) is 2.19. The predicted molar refractivity (Wildman–Crippen MR) is 84.8 cm³/mol. The molecule has 2 N–H and O–H groups in total. The summed E-state index contributed by atoms with van der Waals surface area (Å²) in [7, 11) is 0. The number of benzene rings is 1. The molecule has 7 heteroatoms. The standard InChI is InChI=1S/C15H17N3O3S/c1-10(2)21-12-6-4-3-5-11(12)9-17-13(19)14(20)18-15-16-7-8-22-15/h3-8,10H,9H2,1-2H3,(H,17,19)(H,16,18,20). The van der Waals surface area contributed by atoms with Gasteiger partial charge in [0.2, 0.25) is 0 Å². The van der Waals surface area contributed by atoms with Crippen LogP contribution in [0.5, 0.6) is 5.75 Å². The Bertz CT molecular complexity index is 641. The number of aromatic nitrogens is 1. The number of nitrogens with zero attached hydrogens (tertiary/aromatic N) is 1. The summed E-state index contributed by atoms with van der Waals surface area (Å²) in [6.45, 7) is 4.07. The van der Waals surface area contributed by atoms with Gasteiger partial charge < -0.3 is 10.1 Å². The molecule has 1 aromatic heterocycles. The third-order valence-electron chi connectivity index (χ3n) is 2.63. The number of nitrogens with one attached hydrogen (secondary N) is 2. The highest BCUT2D eigenvalue weighted by Crippen LogP contribution is 2.19. The zero-order chi connectivity index (χ0) is 15.9. The lowest BCUT2D eigenvalue weighted by molar-refractivity contribution is -0.136. The van der Waals surface area contributed by atoms with E-state index in [0.717, 1.165) is 5.56 Å². The number of hydrogen-bond acceptors (Lipinski definition) is 5. The number of ether oxygens (including phenoxy) is 1. The van der Waals surface area contributed by atoms with E-state index in [-0.39, 0.29) is 12.6 Å². The summed E-state index contributed by atoms with van der Waals surface area (Å²) in [5.74, 6) is -0.759. The second-order valence-corrected chi connectivity index (χ2v) is 5.64. The van der Waals surface area contributed by atoms with Crippen molar-refractivity contribution in [1.82, 2.24) is 10.3 Å². The molecule has 2 aromatic rings. The van der Waals surface area contributed by atoms with Crippen molar-refractivity contribution in [3.05, 3.63) is 41.4 Å². The molecule has 2 rings (SSSR count). The first kappa shape index (κ1) is 16.0. The van der Waals surface area contributed by atoms with Crippen LogP contribution < -0.4 is 15.4 Å². The van der Waals surface area contributed by atoms with Gasteiger partial charge in [0.25, 0.3) is 0 Å². The van der Waals surface area contributed by atoms with Gasteiger partial charge in [0.1, 0.15) is 5.75 Å². The molecule has 22 heavy (non-hydrogen) atoms. The lowest BCUT2D eigenvalue weighted by atomic mass is 10.2. The summed E-state index contributed by atoms with van der Waals surface area (Å²) >= 11 is 1.25. The maximum absolute atomic E-state index is 11.8. The van der Waals surface area contributed by atoms with Crippen molar-refractivity contribution in [3.8, 4) is 5.75 Å². The van der Waals surface area contributed by atoms with Crippen LogP contribution in [0.4, 0.5) is 5.13 Å². The maximum Gasteiger partial charge on any atom is 0.315 e. The number of rotatable bonds is 5. The molecule has 0 atom stereocenters. The molecule has 1 aromatic carbocycles. The Hall–Kier alpha value is -2.41. The third kappa shape index (κ3) is 4.56. The molecule has 0 radical (unpaired) electrons. The van der Waals surface area contributed by atoms with Crippen molar-refractivity contribution in [2.75, 3.05) is 5.32 Å². The van der Waals surface area contributed by atoms with Gasteiger partial charge in [0.05, 0.1) is 6.10 Å². The number of para-hydroxylation sites is 1. The van der Waals surface area contributed by atoms with Crippen LogP contribution in [-0.2, 0) is 16.1 Å². The molecule has 2 amide bonds. The van der Waals surface area contributed by atoms with Crippen LogP contribution in [0.1, 0.15) is 19.4 Å². The van der Waals surface area contributed by atoms with Gasteiger partial charge >= 0.3 is 11.8 Å². The second kappa shape index (κ2) is 7.56. The SMILES string of the molecule is CC(C)Oc1ccccc1CNC(=O)C(=O)Nc1nccs1. The van der Waals surface area contributed by atoms with Gasteiger partial charge in [-0.1, -0.05) is 18.2 Å². The first-order valence-corrected chi connectivity index (χ1v) is 7.67. The van der Waals surface area contributed by atoms with Crippen LogP contribution in [0, 0.1) is 0 Å². The maximum atomic E-state index is 11.8. The fourth-order valence-electron chi connectivity index (χ4n) is 1.71. The molecule has 0 unspecified atom stereocenters. The Morgan fingerprint density at radius 3 is 2.73 bits per heavy atom. The van der Waals surface area contributed by atoms with Crippen molar-refractivity contribution < 1.29 is 14.3 Å². The van der Waals surface area contributed by atoms with Gasteiger partial charge in [0.15, 0.2) is 5.13 Å². The first-order chi connectivity index (χ1) is 10.6. The molecule has 116 valence electrons. The average molecular weight is 319 g/mol. The van der Waals surface area contributed by atoms with E-state index in [4.69, 9.17) is 4.74 Å². The largest absolute Gasteiger partial charge is 0.491 e. The van der Waals surface area contributed by atoms with Crippen LogP contribution in [0.15, 0.2) is 35.8 Å². The Morgan fingerprint density at radius 1 is 1.27 bits per heavy atom. The fraction of sp³-hybridized carbons (Fsp3) is 0.267. The zero-order valence-corrected chi connectivity index (χ0v) is 13.1. The van der Waals surface area contributed by atoms with Crippen molar-refractivity contribution in [2.24, 2.45) is 0 Å². The molecule has 0 aliphatic heterocycles. The van der Waals surface area contributed by atoms with E-state index in [2.05, 4.69) is 15.6 Å². The summed E-state index contributed by atoms with van der Waals surface area (Å²) in [6.07, 6.45) is 1.59. The van der Waals surface area contributed by atoms with Gasteiger partial charge in [-0.25, -0.2) is 4.98 Å². The summed E-state index contributed by atoms with van der Waals surface area (Å²) in [5.41, 5.74) is 0.812. The molecular weight excluding hydrogens is 302 g/mol. The molecule has 1 heterocycles. The van der Waals surface area contributed by atoms with Crippen LogP contribution in [0.2, 0.25) is 0 Å². The number of thiazole rings is 1. The fourth-order valence-corrected chi connectivity index (χ4v) is 2.24. The quantitative estimate of drug-likeness (QED) is 0.828. The smallest absolute Gasteiger partial charge is 0.315 e. The van der Waals surface area contributed by atoms with Gasteiger partial charge in [-0.15, -0.1) is 11.3 Å². The van der Waals surface area contributed by atoms with E-state index >= 15 is 0 Å². The van der Waals surface area contributed by atoms with E-state index < -0.39 is 11.8 Å². The summed E-state index contributed by atoms with van der Waals surface area (Å²) < 4.78 is 5.66. The normalized spacial score (nSPS) is 10.3. The number of carbonyl (C=O) groups is 2.